The first-order valence-corrected chi connectivity index (χ1v) is 9.33. The van der Waals surface area contributed by atoms with Crippen molar-refractivity contribution in [1.82, 2.24) is 14.9 Å². The molecule has 1 heterocycles. The quantitative estimate of drug-likeness (QED) is 0.480. The molecule has 0 saturated heterocycles. The molecule has 8 heteroatoms. The van der Waals surface area contributed by atoms with Crippen molar-refractivity contribution in [2.75, 3.05) is 18.7 Å². The van der Waals surface area contributed by atoms with Crippen LogP contribution in [-0.4, -0.2) is 39.8 Å². The van der Waals surface area contributed by atoms with Crippen molar-refractivity contribution in [2.45, 2.75) is 43.4 Å². The molecule has 0 atom stereocenters. The van der Waals surface area contributed by atoms with Gasteiger partial charge in [-0.2, -0.15) is 0 Å². The Labute approximate surface area is 150 Å². The van der Waals surface area contributed by atoms with Gasteiger partial charge in [0.15, 0.2) is 5.82 Å². The van der Waals surface area contributed by atoms with E-state index in [1.54, 1.807) is 7.11 Å². The fourth-order valence-electron chi connectivity index (χ4n) is 2.84. The predicted molar refractivity (Wildman–Crippen MR) is 95.8 cm³/mol. The van der Waals surface area contributed by atoms with Crippen LogP contribution in [0.4, 0.5) is 0 Å². The number of nitrogen functional groups attached to an aromatic ring is 1. The molecule has 0 amide bonds. The Bertz CT molecular complexity index is 711. The zero-order chi connectivity index (χ0) is 17.6. The number of thioether (sulfide) groups is 1. The minimum absolute atomic E-state index is 0.0625. The summed E-state index contributed by atoms with van der Waals surface area (Å²) < 4.78 is 12.0. The van der Waals surface area contributed by atoms with E-state index in [1.165, 1.54) is 22.9 Å². The van der Waals surface area contributed by atoms with Crippen LogP contribution in [-0.2, 0) is 9.53 Å². The molecule has 1 aliphatic rings. The van der Waals surface area contributed by atoms with Gasteiger partial charge in [0.2, 0.25) is 5.16 Å². The first-order valence-electron chi connectivity index (χ1n) is 8.34. The highest BCUT2D eigenvalue weighted by Crippen LogP contribution is 2.24. The summed E-state index contributed by atoms with van der Waals surface area (Å²) >= 11 is 1.23. The van der Waals surface area contributed by atoms with Crippen LogP contribution >= 0.6 is 11.8 Å². The fraction of sp³-hybridized carbons (Fsp3) is 0.471. The predicted octanol–water partition coefficient (Wildman–Crippen LogP) is 2.64. The molecule has 1 saturated carbocycles. The van der Waals surface area contributed by atoms with Crippen LogP contribution in [0.25, 0.3) is 11.4 Å². The number of hydrogen-bond acceptors (Lipinski definition) is 7. The minimum Gasteiger partial charge on any atom is -0.497 e. The third-order valence-electron chi connectivity index (χ3n) is 4.18. The average molecular weight is 362 g/mol. The molecular weight excluding hydrogens is 340 g/mol. The Hall–Kier alpha value is -2.22. The summed E-state index contributed by atoms with van der Waals surface area (Å²) in [6.07, 6.45) is 5.48. The molecule has 1 aromatic carbocycles. The number of benzene rings is 1. The molecule has 0 bridgehead atoms. The number of aromatic nitrogens is 3. The van der Waals surface area contributed by atoms with Crippen LogP contribution < -0.4 is 10.6 Å². The Balaban J connectivity index is 1.58. The summed E-state index contributed by atoms with van der Waals surface area (Å²) in [7, 11) is 1.61. The largest absolute Gasteiger partial charge is 0.497 e. The van der Waals surface area contributed by atoms with Gasteiger partial charge >= 0.3 is 5.97 Å². The molecule has 134 valence electrons. The maximum atomic E-state index is 12.0. The van der Waals surface area contributed by atoms with Crippen molar-refractivity contribution in [3.63, 3.8) is 0 Å². The van der Waals surface area contributed by atoms with Gasteiger partial charge < -0.3 is 15.3 Å². The molecule has 0 radical (unpaired) electrons. The van der Waals surface area contributed by atoms with Crippen molar-refractivity contribution in [1.29, 1.82) is 0 Å². The van der Waals surface area contributed by atoms with Gasteiger partial charge in [-0.25, -0.2) is 4.68 Å². The number of nitrogens with two attached hydrogens (primary N) is 1. The van der Waals surface area contributed by atoms with Crippen LogP contribution in [0.2, 0.25) is 0 Å². The Morgan fingerprint density at radius 3 is 2.64 bits per heavy atom. The lowest BCUT2D eigenvalue weighted by atomic mass is 9.98. The van der Waals surface area contributed by atoms with Crippen molar-refractivity contribution in [2.24, 2.45) is 0 Å². The number of nitrogens with zero attached hydrogens (tertiary/aromatic N) is 3. The highest BCUT2D eigenvalue weighted by atomic mass is 32.2. The van der Waals surface area contributed by atoms with Crippen LogP contribution in [0, 0.1) is 0 Å². The maximum Gasteiger partial charge on any atom is 0.316 e. The lowest BCUT2D eigenvalue weighted by Gasteiger charge is -2.21. The van der Waals surface area contributed by atoms with Crippen LogP contribution in [0.1, 0.15) is 32.1 Å². The number of rotatable bonds is 6. The zero-order valence-corrected chi connectivity index (χ0v) is 15.0. The number of hydrogen-bond donors (Lipinski definition) is 1. The van der Waals surface area contributed by atoms with Crippen LogP contribution in [0.3, 0.4) is 0 Å². The summed E-state index contributed by atoms with van der Waals surface area (Å²) in [4.78, 5) is 12.0. The van der Waals surface area contributed by atoms with Crippen molar-refractivity contribution < 1.29 is 14.3 Å². The number of carbonyl (C=O) groups excluding carboxylic acids is 1. The first kappa shape index (κ1) is 17.6. The van der Waals surface area contributed by atoms with Crippen molar-refractivity contribution in [3.05, 3.63) is 24.3 Å². The smallest absolute Gasteiger partial charge is 0.316 e. The standard InChI is InChI=1S/C17H22N4O3S/c1-23-13-9-7-12(8-10-13)16-19-20-17(21(16)18)25-11-15(22)24-14-5-3-2-4-6-14/h7-10,14H,2-6,11,18H2,1H3. The third-order valence-corrected chi connectivity index (χ3v) is 5.10. The second kappa shape index (κ2) is 8.24. The van der Waals surface area contributed by atoms with Gasteiger partial charge in [-0.3, -0.25) is 4.79 Å². The molecule has 2 aromatic rings. The lowest BCUT2D eigenvalue weighted by molar-refractivity contribution is -0.147. The average Bonchev–Trinajstić information content (AvgIpc) is 3.01. The Kier molecular flexibility index (Phi) is 5.80. The first-order chi connectivity index (χ1) is 12.2. The second-order valence-corrected chi connectivity index (χ2v) is 6.89. The van der Waals surface area contributed by atoms with E-state index in [-0.39, 0.29) is 17.8 Å². The van der Waals surface area contributed by atoms with Crippen molar-refractivity contribution in [3.8, 4) is 17.1 Å². The molecule has 3 rings (SSSR count). The summed E-state index contributed by atoms with van der Waals surface area (Å²) in [5, 5.41) is 8.65. The lowest BCUT2D eigenvalue weighted by Crippen LogP contribution is -2.22. The van der Waals surface area contributed by atoms with Gasteiger partial charge in [-0.15, -0.1) is 10.2 Å². The second-order valence-electron chi connectivity index (χ2n) is 5.94. The van der Waals surface area contributed by atoms with Crippen LogP contribution in [0.5, 0.6) is 5.75 Å². The topological polar surface area (TPSA) is 92.3 Å². The molecule has 1 aliphatic carbocycles. The fourth-order valence-corrected chi connectivity index (χ4v) is 3.48. The molecule has 1 aromatic heterocycles. The van der Waals surface area contributed by atoms with E-state index in [1.807, 2.05) is 24.3 Å². The molecule has 0 spiro atoms. The molecule has 1 fully saturated rings. The Morgan fingerprint density at radius 1 is 1.24 bits per heavy atom. The van der Waals surface area contributed by atoms with Gasteiger partial charge in [-0.05, 0) is 49.9 Å². The van der Waals surface area contributed by atoms with Gasteiger partial charge in [0.25, 0.3) is 0 Å². The number of carbonyl (C=O) groups is 1. The molecule has 25 heavy (non-hydrogen) atoms. The van der Waals surface area contributed by atoms with E-state index in [9.17, 15) is 4.79 Å². The maximum absolute atomic E-state index is 12.0. The van der Waals surface area contributed by atoms with Gasteiger partial charge in [-0.1, -0.05) is 18.2 Å². The van der Waals surface area contributed by atoms with E-state index in [0.29, 0.717) is 11.0 Å². The number of esters is 1. The van der Waals surface area contributed by atoms with E-state index in [4.69, 9.17) is 15.3 Å². The van der Waals surface area contributed by atoms with Gasteiger partial charge in [0.05, 0.1) is 12.9 Å². The van der Waals surface area contributed by atoms with Crippen molar-refractivity contribution >= 4 is 17.7 Å². The SMILES string of the molecule is COc1ccc(-c2nnc(SCC(=O)OC3CCCCC3)n2N)cc1. The zero-order valence-electron chi connectivity index (χ0n) is 14.2. The summed E-state index contributed by atoms with van der Waals surface area (Å²) in [6.45, 7) is 0. The number of ether oxygens (including phenoxy) is 2. The van der Waals surface area contributed by atoms with Crippen LogP contribution in [0.15, 0.2) is 29.4 Å². The molecule has 2 N–H and O–H groups in total. The molecule has 0 aliphatic heterocycles. The van der Waals surface area contributed by atoms with Gasteiger partial charge in [0, 0.05) is 5.56 Å². The molecular formula is C17H22N4O3S. The van der Waals surface area contributed by atoms with Gasteiger partial charge in [0.1, 0.15) is 11.9 Å². The van der Waals surface area contributed by atoms with E-state index in [2.05, 4.69) is 10.2 Å². The normalized spacial score (nSPS) is 15.1. The summed E-state index contributed by atoms with van der Waals surface area (Å²) in [6, 6.07) is 7.38. The highest BCUT2D eigenvalue weighted by molar-refractivity contribution is 7.99. The van der Waals surface area contributed by atoms with E-state index < -0.39 is 0 Å². The third kappa shape index (κ3) is 4.45. The summed E-state index contributed by atoms with van der Waals surface area (Å²) in [5.74, 6) is 7.30. The molecule has 7 nitrogen and oxygen atoms in total. The Morgan fingerprint density at radius 2 is 1.96 bits per heavy atom. The minimum atomic E-state index is -0.231. The van der Waals surface area contributed by atoms with E-state index >= 15 is 0 Å². The monoisotopic (exact) mass is 362 g/mol. The molecule has 0 unspecified atom stereocenters. The highest BCUT2D eigenvalue weighted by Gasteiger charge is 2.19. The van der Waals surface area contributed by atoms with E-state index in [0.717, 1.165) is 37.0 Å². The summed E-state index contributed by atoms with van der Waals surface area (Å²) in [5.41, 5.74) is 0.826. The number of methoxy groups -OCH3 is 1.